The quantitative estimate of drug-likeness (QED) is 0.336. The van der Waals surface area contributed by atoms with Crippen molar-refractivity contribution in [1.82, 2.24) is 25.4 Å². The summed E-state index contributed by atoms with van der Waals surface area (Å²) in [6.45, 7) is 6.71. The van der Waals surface area contributed by atoms with Crippen LogP contribution in [0.3, 0.4) is 0 Å². The first-order chi connectivity index (χ1) is 13.5. The van der Waals surface area contributed by atoms with Crippen molar-refractivity contribution in [3.8, 4) is 5.75 Å². The number of aliphatic imine (C=N–C) groups is 1. The van der Waals surface area contributed by atoms with E-state index in [9.17, 15) is 0 Å². The van der Waals surface area contributed by atoms with Gasteiger partial charge in [-0.25, -0.2) is 4.99 Å². The summed E-state index contributed by atoms with van der Waals surface area (Å²) in [4.78, 5) is 4.73. The second kappa shape index (κ2) is 10.8. The maximum atomic E-state index is 5.88. The zero-order chi connectivity index (χ0) is 20.0. The number of rotatable bonds is 7. The number of aromatic nitrogens is 3. The molecule has 1 fully saturated rings. The molecule has 2 heterocycles. The summed E-state index contributed by atoms with van der Waals surface area (Å²) in [5, 5.41) is 15.1. The normalized spacial score (nSPS) is 19.0. The van der Waals surface area contributed by atoms with E-state index in [1.807, 2.05) is 42.8 Å². The fraction of sp³-hybridized carbons (Fsp3) is 0.550. The molecule has 1 aromatic heterocycles. The Morgan fingerprint density at radius 2 is 2.03 bits per heavy atom. The molecule has 0 spiro atoms. The van der Waals surface area contributed by atoms with Crippen molar-refractivity contribution in [1.29, 1.82) is 0 Å². The van der Waals surface area contributed by atoms with E-state index >= 15 is 0 Å². The van der Waals surface area contributed by atoms with Gasteiger partial charge in [-0.3, -0.25) is 0 Å². The third-order valence-corrected chi connectivity index (χ3v) is 5.11. The minimum Gasteiger partial charge on any atom is -0.497 e. The molecule has 1 aliphatic rings. The summed E-state index contributed by atoms with van der Waals surface area (Å²) in [7, 11) is 3.63. The first-order valence-electron chi connectivity index (χ1n) is 9.63. The van der Waals surface area contributed by atoms with Gasteiger partial charge >= 0.3 is 0 Å². The zero-order valence-corrected chi connectivity index (χ0v) is 19.9. The molecule has 0 saturated carbocycles. The Bertz CT molecular complexity index is 800. The molecule has 0 bridgehead atoms. The SMILES string of the molecule is COc1ccc(CN=C(NCc2nnc(C)n2C)NCC2(C)CCCO2)cc1.I. The fourth-order valence-corrected chi connectivity index (χ4v) is 3.09. The molecule has 0 aliphatic carbocycles. The van der Waals surface area contributed by atoms with Crippen LogP contribution in [0.25, 0.3) is 0 Å². The van der Waals surface area contributed by atoms with Gasteiger partial charge in [0.05, 0.1) is 25.8 Å². The Balaban J connectivity index is 0.00000300. The fourth-order valence-electron chi connectivity index (χ4n) is 3.09. The van der Waals surface area contributed by atoms with Gasteiger partial charge in [0.15, 0.2) is 11.8 Å². The molecule has 1 saturated heterocycles. The van der Waals surface area contributed by atoms with E-state index in [1.165, 1.54) is 0 Å². The highest BCUT2D eigenvalue weighted by Crippen LogP contribution is 2.23. The third kappa shape index (κ3) is 6.56. The lowest BCUT2D eigenvalue weighted by Gasteiger charge is -2.24. The Labute approximate surface area is 189 Å². The van der Waals surface area contributed by atoms with Crippen molar-refractivity contribution < 1.29 is 9.47 Å². The molecule has 1 aromatic carbocycles. The van der Waals surface area contributed by atoms with E-state index in [-0.39, 0.29) is 29.6 Å². The molecule has 0 amide bonds. The Kier molecular flexibility index (Phi) is 8.69. The first-order valence-corrected chi connectivity index (χ1v) is 9.63. The zero-order valence-electron chi connectivity index (χ0n) is 17.6. The van der Waals surface area contributed by atoms with Crippen LogP contribution in [-0.4, -0.2) is 46.6 Å². The second-order valence-electron chi connectivity index (χ2n) is 7.34. The van der Waals surface area contributed by atoms with Crippen molar-refractivity contribution in [2.75, 3.05) is 20.3 Å². The van der Waals surface area contributed by atoms with Crippen LogP contribution in [-0.2, 0) is 24.9 Å². The van der Waals surface area contributed by atoms with Gasteiger partial charge in [0.25, 0.3) is 0 Å². The molecule has 2 N–H and O–H groups in total. The van der Waals surface area contributed by atoms with Crippen LogP contribution in [0.2, 0.25) is 0 Å². The van der Waals surface area contributed by atoms with Crippen LogP contribution in [0.5, 0.6) is 5.75 Å². The van der Waals surface area contributed by atoms with Crippen molar-refractivity contribution in [2.45, 2.75) is 45.4 Å². The molecule has 1 unspecified atom stereocenters. The van der Waals surface area contributed by atoms with Gasteiger partial charge in [-0.05, 0) is 44.4 Å². The van der Waals surface area contributed by atoms with Crippen LogP contribution >= 0.6 is 24.0 Å². The molecule has 160 valence electrons. The predicted octanol–water partition coefficient (Wildman–Crippen LogP) is 2.55. The smallest absolute Gasteiger partial charge is 0.192 e. The number of hydrogen-bond acceptors (Lipinski definition) is 5. The number of hydrogen-bond donors (Lipinski definition) is 2. The van der Waals surface area contributed by atoms with Gasteiger partial charge in [-0.1, -0.05) is 12.1 Å². The van der Waals surface area contributed by atoms with Crippen LogP contribution in [0.4, 0.5) is 0 Å². The molecule has 1 aliphatic heterocycles. The lowest BCUT2D eigenvalue weighted by molar-refractivity contribution is 0.0242. The van der Waals surface area contributed by atoms with E-state index in [2.05, 4.69) is 27.8 Å². The molecule has 3 rings (SSSR count). The van der Waals surface area contributed by atoms with Crippen molar-refractivity contribution >= 4 is 29.9 Å². The van der Waals surface area contributed by atoms with Crippen LogP contribution in [0, 0.1) is 6.92 Å². The summed E-state index contributed by atoms with van der Waals surface area (Å²) in [6.07, 6.45) is 2.15. The number of benzene rings is 1. The van der Waals surface area contributed by atoms with Crippen molar-refractivity contribution in [3.05, 3.63) is 41.5 Å². The van der Waals surface area contributed by atoms with Gasteiger partial charge in [0, 0.05) is 20.2 Å². The summed E-state index contributed by atoms with van der Waals surface area (Å²) in [5.74, 6) is 3.31. The topological polar surface area (TPSA) is 85.6 Å². The standard InChI is InChI=1S/C20H30N6O2.HI/c1-15-24-25-18(26(15)3)13-22-19(23-14-20(2)10-5-11-28-20)21-12-16-6-8-17(27-4)9-7-16;/h6-9H,5,10-14H2,1-4H3,(H2,21,22,23);1H. The first kappa shape index (κ1) is 23.4. The summed E-state index contributed by atoms with van der Waals surface area (Å²) in [6, 6.07) is 7.93. The molecule has 29 heavy (non-hydrogen) atoms. The minimum atomic E-state index is -0.149. The van der Waals surface area contributed by atoms with E-state index < -0.39 is 0 Å². The van der Waals surface area contributed by atoms with E-state index in [1.54, 1.807) is 7.11 Å². The van der Waals surface area contributed by atoms with E-state index in [0.717, 1.165) is 48.4 Å². The molecule has 1 atom stereocenters. The number of nitrogens with one attached hydrogen (secondary N) is 2. The predicted molar refractivity (Wildman–Crippen MR) is 124 cm³/mol. The lowest BCUT2D eigenvalue weighted by atomic mass is 10.0. The average molecular weight is 514 g/mol. The number of ether oxygens (including phenoxy) is 2. The number of aryl methyl sites for hydroxylation is 1. The van der Waals surface area contributed by atoms with Gasteiger partial charge in [0.2, 0.25) is 0 Å². The number of halogens is 1. The molecule has 8 nitrogen and oxygen atoms in total. The Hall–Kier alpha value is -1.88. The number of nitrogens with zero attached hydrogens (tertiary/aromatic N) is 4. The van der Waals surface area contributed by atoms with Crippen molar-refractivity contribution in [3.63, 3.8) is 0 Å². The third-order valence-electron chi connectivity index (χ3n) is 5.11. The van der Waals surface area contributed by atoms with Crippen molar-refractivity contribution in [2.24, 2.45) is 12.0 Å². The molecular weight excluding hydrogens is 483 g/mol. The minimum absolute atomic E-state index is 0. The maximum Gasteiger partial charge on any atom is 0.192 e. The highest BCUT2D eigenvalue weighted by molar-refractivity contribution is 14.0. The molecular formula is C20H31IN6O2. The largest absolute Gasteiger partial charge is 0.497 e. The van der Waals surface area contributed by atoms with Crippen LogP contribution < -0.4 is 15.4 Å². The van der Waals surface area contributed by atoms with E-state index in [0.29, 0.717) is 19.6 Å². The highest BCUT2D eigenvalue weighted by Gasteiger charge is 2.29. The van der Waals surface area contributed by atoms with Gasteiger partial charge < -0.3 is 24.7 Å². The molecule has 2 aromatic rings. The number of methoxy groups -OCH3 is 1. The van der Waals surface area contributed by atoms with Crippen LogP contribution in [0.1, 0.15) is 37.0 Å². The molecule has 0 radical (unpaired) electrons. The molecule has 9 heteroatoms. The maximum absolute atomic E-state index is 5.88. The van der Waals surface area contributed by atoms with Gasteiger partial charge in [-0.15, -0.1) is 34.2 Å². The van der Waals surface area contributed by atoms with Gasteiger partial charge in [0.1, 0.15) is 11.6 Å². The Morgan fingerprint density at radius 3 is 2.62 bits per heavy atom. The summed E-state index contributed by atoms with van der Waals surface area (Å²) in [5.41, 5.74) is 0.962. The lowest BCUT2D eigenvalue weighted by Crippen LogP contribution is -2.45. The van der Waals surface area contributed by atoms with Gasteiger partial charge in [-0.2, -0.15) is 0 Å². The second-order valence-corrected chi connectivity index (χ2v) is 7.34. The van der Waals surface area contributed by atoms with E-state index in [4.69, 9.17) is 14.5 Å². The van der Waals surface area contributed by atoms with Crippen LogP contribution in [0.15, 0.2) is 29.3 Å². The Morgan fingerprint density at radius 1 is 1.28 bits per heavy atom. The monoisotopic (exact) mass is 514 g/mol. The number of guanidine groups is 1. The summed E-state index contributed by atoms with van der Waals surface area (Å²) < 4.78 is 13.1. The summed E-state index contributed by atoms with van der Waals surface area (Å²) >= 11 is 0. The highest BCUT2D eigenvalue weighted by atomic mass is 127. The average Bonchev–Trinajstić information content (AvgIpc) is 3.28.